The molecule has 3 unspecified atom stereocenters. The molecular weight excluding hydrogens is 1210 g/mol. The Bertz CT molecular complexity index is 2450. The number of aliphatic hydroxyl groups is 1. The summed E-state index contributed by atoms with van der Waals surface area (Å²) in [6, 6.07) is -12.4. The molecule has 0 aromatic carbocycles. The predicted octanol–water partition coefficient (Wildman–Crippen LogP) is -2.37. The molecule has 10 atom stereocenters. The predicted molar refractivity (Wildman–Crippen MR) is 343 cm³/mol. The van der Waals surface area contributed by atoms with Crippen LogP contribution in [0.5, 0.6) is 0 Å². The van der Waals surface area contributed by atoms with Crippen LogP contribution >= 0.6 is 11.8 Å². The topological polar surface area (TPSA) is 528 Å². The number of aromatic nitrogens is 2. The molecule has 9 amide bonds. The van der Waals surface area contributed by atoms with E-state index in [0.717, 1.165) is 6.92 Å². The summed E-state index contributed by atoms with van der Waals surface area (Å²) in [6.07, 6.45) is 5.14. The molecule has 0 aliphatic heterocycles. The Labute approximate surface area is 537 Å². The van der Waals surface area contributed by atoms with Crippen molar-refractivity contribution in [1.82, 2.24) is 63.2 Å². The molecule has 0 fully saturated rings. The first kappa shape index (κ1) is 85.4. The van der Waals surface area contributed by atoms with E-state index >= 15 is 0 Å². The minimum absolute atomic E-state index is 0.0123. The summed E-state index contributed by atoms with van der Waals surface area (Å²) in [6.45, 7) is 17.7. The maximum atomic E-state index is 14.2. The molecule has 1 aromatic heterocycles. The van der Waals surface area contributed by atoms with E-state index in [9.17, 15) is 72.5 Å². The summed E-state index contributed by atoms with van der Waals surface area (Å²) in [5, 5.41) is 42.9. The van der Waals surface area contributed by atoms with Crippen molar-refractivity contribution in [3.8, 4) is 0 Å². The number of guanidine groups is 1. The number of unbranched alkanes of at least 4 members (excludes halogenated alkanes) is 2. The number of aliphatic hydroxyl groups excluding tert-OH is 1. The number of thioether (sulfide) groups is 1. The van der Waals surface area contributed by atoms with Crippen LogP contribution in [0.3, 0.4) is 0 Å². The van der Waals surface area contributed by atoms with Crippen LogP contribution in [0.4, 0.5) is 0 Å². The van der Waals surface area contributed by atoms with E-state index in [-0.39, 0.29) is 88.8 Å². The van der Waals surface area contributed by atoms with Gasteiger partial charge in [0, 0.05) is 37.7 Å². The highest BCUT2D eigenvalue weighted by atomic mass is 32.2. The first-order valence-electron chi connectivity index (χ1n) is 30.8. The maximum Gasteiger partial charge on any atom is 0.303 e. The lowest BCUT2D eigenvalue weighted by atomic mass is 9.93. The highest BCUT2D eigenvalue weighted by Gasteiger charge is 2.37. The van der Waals surface area contributed by atoms with Crippen molar-refractivity contribution in [1.29, 1.82) is 0 Å². The molecule has 21 N–H and O–H groups in total. The number of carbonyl (C=O) groups is 13. The van der Waals surface area contributed by atoms with Crippen molar-refractivity contribution in [2.75, 3.05) is 31.6 Å². The fourth-order valence-corrected chi connectivity index (χ4v) is 8.90. The zero-order valence-electron chi connectivity index (χ0n) is 54.7. The molecule has 0 bridgehead atoms. The number of nitrogens with one attached hydrogen (secondary N) is 11. The lowest BCUT2D eigenvalue weighted by molar-refractivity contribution is -0.141. The third-order valence-electron chi connectivity index (χ3n) is 13.0. The average molecular weight is 1310 g/mol. The number of carboxylic acids is 1. The van der Waals surface area contributed by atoms with E-state index in [1.807, 2.05) is 13.8 Å². The van der Waals surface area contributed by atoms with Gasteiger partial charge in [-0.05, 0) is 89.2 Å². The van der Waals surface area contributed by atoms with Gasteiger partial charge in [-0.3, -0.25) is 73.8 Å². The van der Waals surface area contributed by atoms with Crippen molar-refractivity contribution in [3.05, 3.63) is 18.2 Å². The number of nitrogens with zero attached hydrogens (tertiary/aromatic N) is 2. The molecule has 0 saturated heterocycles. The second-order valence-corrected chi connectivity index (χ2v) is 23.1. The summed E-state index contributed by atoms with van der Waals surface area (Å²) in [4.78, 5) is 182. The second-order valence-electron chi connectivity index (χ2n) is 22.1. The summed E-state index contributed by atoms with van der Waals surface area (Å²) in [7, 11) is 0. The number of aliphatic carboxylic acids is 1. The van der Waals surface area contributed by atoms with Gasteiger partial charge in [-0.25, -0.2) is 4.98 Å². The highest BCUT2D eigenvalue weighted by Crippen LogP contribution is 2.13. The molecule has 1 rings (SSSR count). The van der Waals surface area contributed by atoms with Crippen LogP contribution in [-0.4, -0.2) is 195 Å². The Kier molecular flexibility index (Phi) is 46.1. The van der Waals surface area contributed by atoms with Gasteiger partial charge in [0.1, 0.15) is 48.6 Å². The van der Waals surface area contributed by atoms with E-state index in [2.05, 4.69) is 82.1 Å². The molecule has 0 radical (unpaired) electrons. The summed E-state index contributed by atoms with van der Waals surface area (Å²) in [5.41, 5.74) is 18.8. The maximum absolute atomic E-state index is 14.2. The van der Waals surface area contributed by atoms with E-state index < -0.39 is 150 Å². The third kappa shape index (κ3) is 38.6. The molecular formula is C58H105N17O15S. The van der Waals surface area contributed by atoms with Crippen molar-refractivity contribution >= 4 is 94.7 Å². The van der Waals surface area contributed by atoms with Gasteiger partial charge in [-0.1, -0.05) is 74.7 Å². The Morgan fingerprint density at radius 2 is 1.15 bits per heavy atom. The van der Waals surface area contributed by atoms with Gasteiger partial charge in [0.05, 0.1) is 37.5 Å². The Hall–Kier alpha value is -7.62. The van der Waals surface area contributed by atoms with Gasteiger partial charge in [0.2, 0.25) is 64.7 Å². The standard InChI is InChI=1S/C51H87N17O15S.C5H12.C2H6/c1-26(2)18-34(43(76)44(77)35(20-30-22-56-25-59-30)66-49(82)37(21-38(52)71)67-48(81)36(19-27(3)4)62-40(73)23-60-55)57-15-9-11-39(72)68-42(29(6)70)50(83)65-32(12-13-41(74)75)47(80)63-31(10-8-16-58-51(53)54)46(79)64-33(14-17-84-7)45(78)61-28(5)24-69;1-3-5-4-2;1-2/h22,24-29,31-37,42,57,60,70H,8-21,23,55H2,1-7H3,(H2,52,71)(H,56,59)(H,61,78)(H,62,73)(H,63,80)(H,64,79)(H,65,83)(H,66,82)(H,67,81)(H,68,72)(H,74,75)(H4,53,54,58);3-5H2,1-2H3;1-2H3/t28-,29+,31-,32?,33?,34-,35-,36-,37?,42-;;/m0../s1. The van der Waals surface area contributed by atoms with Crippen LogP contribution in [-0.2, 0) is 68.7 Å². The Morgan fingerprint density at radius 3 is 1.65 bits per heavy atom. The van der Waals surface area contributed by atoms with Gasteiger partial charge >= 0.3 is 5.97 Å². The number of aldehydes is 1. The van der Waals surface area contributed by atoms with Crippen LogP contribution in [0.25, 0.3) is 0 Å². The fourth-order valence-electron chi connectivity index (χ4n) is 8.43. The van der Waals surface area contributed by atoms with E-state index in [4.69, 9.17) is 23.0 Å². The number of aliphatic imine (C=N–C) groups is 1. The molecule has 1 heterocycles. The number of H-pyrrole nitrogens is 1. The second kappa shape index (κ2) is 49.1. The quantitative estimate of drug-likeness (QED) is 0.00617. The number of nitrogens with two attached hydrogens (primary N) is 4. The lowest BCUT2D eigenvalue weighted by Crippen LogP contribution is -2.59. The monoisotopic (exact) mass is 1310 g/mol. The molecule has 1 aromatic rings. The van der Waals surface area contributed by atoms with Crippen molar-refractivity contribution in [2.24, 2.45) is 39.9 Å². The van der Waals surface area contributed by atoms with E-state index in [0.29, 0.717) is 17.7 Å². The van der Waals surface area contributed by atoms with Gasteiger partial charge in [0.25, 0.3) is 0 Å². The first-order valence-corrected chi connectivity index (χ1v) is 32.1. The van der Waals surface area contributed by atoms with Crippen LogP contribution in [0, 0.1) is 11.8 Å². The van der Waals surface area contributed by atoms with Crippen LogP contribution in [0.2, 0.25) is 0 Å². The number of carboxylic acid groups (broad SMARTS) is 1. The number of hydrogen-bond donors (Lipinski definition) is 17. The largest absolute Gasteiger partial charge is 0.481 e. The van der Waals surface area contributed by atoms with Crippen molar-refractivity contribution < 1.29 is 72.5 Å². The number of Topliss-reactive ketones (excluding diaryl/α,β-unsaturated/α-hetero) is 2. The van der Waals surface area contributed by atoms with E-state index in [1.54, 1.807) is 34.0 Å². The third-order valence-corrected chi connectivity index (χ3v) is 13.6. The van der Waals surface area contributed by atoms with Gasteiger partial charge in [-0.2, -0.15) is 11.8 Å². The number of primary amides is 1. The van der Waals surface area contributed by atoms with Crippen LogP contribution in [0.15, 0.2) is 17.5 Å². The normalized spacial score (nSPS) is 14.1. The minimum atomic E-state index is -1.72. The lowest BCUT2D eigenvalue weighted by Gasteiger charge is -2.27. The number of amides is 9. The minimum Gasteiger partial charge on any atom is -0.481 e. The van der Waals surface area contributed by atoms with Crippen molar-refractivity contribution in [2.45, 2.75) is 220 Å². The zero-order valence-corrected chi connectivity index (χ0v) is 55.5. The molecule has 518 valence electrons. The summed E-state index contributed by atoms with van der Waals surface area (Å²) >= 11 is 1.38. The molecule has 0 aliphatic carbocycles. The average Bonchev–Trinajstić information content (AvgIpc) is 1.76. The summed E-state index contributed by atoms with van der Waals surface area (Å²) < 4.78 is 0. The van der Waals surface area contributed by atoms with Crippen LogP contribution in [0.1, 0.15) is 158 Å². The van der Waals surface area contributed by atoms with Crippen molar-refractivity contribution in [3.63, 3.8) is 0 Å². The van der Waals surface area contributed by atoms with Gasteiger partial charge < -0.3 is 85.0 Å². The van der Waals surface area contributed by atoms with Gasteiger partial charge in [0.15, 0.2) is 5.96 Å². The number of aromatic amines is 1. The molecule has 33 heteroatoms. The molecule has 0 saturated carbocycles. The highest BCUT2D eigenvalue weighted by molar-refractivity contribution is 7.98. The Morgan fingerprint density at radius 1 is 0.637 bits per heavy atom. The molecule has 91 heavy (non-hydrogen) atoms. The molecule has 32 nitrogen and oxygen atoms in total. The number of hydrogen-bond acceptors (Lipinski definition) is 20. The SMILES string of the molecule is CC.CCCCC.CSCCC(NC(=O)[C@H](CCCN=C(N)N)NC(=O)C(CCC(=O)O)NC(=O)[C@@H](NC(=O)CCCN[C@@H](CC(C)C)C(=O)C(=O)[C@H](Cc1cnc[nH]1)NC(=O)C(CC(N)=O)NC(=O)[C@H](CC(C)C)NC(=O)CNN)[C@@H](C)O)C(=O)N[C@@H](C)C=O. The van der Waals surface area contributed by atoms with Gasteiger partial charge in [-0.15, -0.1) is 0 Å². The Balaban J connectivity index is 0. The number of imidazole rings is 1. The smallest absolute Gasteiger partial charge is 0.303 e. The number of hydrazine groups is 1. The number of rotatable bonds is 46. The van der Waals surface area contributed by atoms with E-state index in [1.165, 1.54) is 50.5 Å². The van der Waals surface area contributed by atoms with Crippen LogP contribution < -0.4 is 76.3 Å². The number of carbonyl (C=O) groups excluding carboxylic acids is 12. The zero-order chi connectivity index (χ0) is 69.8. The fraction of sp³-hybridized carbons (Fsp3) is 0.707. The molecule has 0 aliphatic rings. The molecule has 0 spiro atoms. The first-order chi connectivity index (χ1) is 42.9. The summed E-state index contributed by atoms with van der Waals surface area (Å²) in [5.74, 6) is -6.36. The number of ketones is 2.